The topological polar surface area (TPSA) is 76.4 Å². The Hall–Kier alpha value is -1.74. The van der Waals surface area contributed by atoms with Gasteiger partial charge in [0.2, 0.25) is 0 Å². The fourth-order valence-electron chi connectivity index (χ4n) is 1.54. The van der Waals surface area contributed by atoms with Crippen LogP contribution in [0.1, 0.15) is 13.3 Å². The average molecular weight is 269 g/mol. The fourth-order valence-corrected chi connectivity index (χ4v) is 3.14. The zero-order valence-electron chi connectivity index (χ0n) is 10.5. The second-order valence-electron chi connectivity index (χ2n) is 3.59. The summed E-state index contributed by atoms with van der Waals surface area (Å²) in [5.74, 6) is 0.617. The highest BCUT2D eigenvalue weighted by Crippen LogP contribution is 2.31. The quantitative estimate of drug-likeness (QED) is 0.814. The van der Waals surface area contributed by atoms with E-state index in [1.165, 1.54) is 26.4 Å². The maximum absolute atomic E-state index is 12.3. The van der Waals surface area contributed by atoms with Gasteiger partial charge in [0.15, 0.2) is 15.1 Å². The number of benzene rings is 1. The van der Waals surface area contributed by atoms with Crippen LogP contribution in [0.15, 0.2) is 23.1 Å². The molecule has 1 aromatic carbocycles. The smallest absolute Gasteiger partial charge is 0.198 e. The number of sulfone groups is 1. The van der Waals surface area contributed by atoms with Crippen molar-refractivity contribution in [2.45, 2.75) is 23.5 Å². The van der Waals surface area contributed by atoms with Gasteiger partial charge in [-0.3, -0.25) is 0 Å². The van der Waals surface area contributed by atoms with Gasteiger partial charge in [-0.25, -0.2) is 8.42 Å². The highest BCUT2D eigenvalue weighted by molar-refractivity contribution is 7.92. The molecule has 6 heteroatoms. The predicted molar refractivity (Wildman–Crippen MR) is 66.4 cm³/mol. The van der Waals surface area contributed by atoms with Gasteiger partial charge in [0.25, 0.3) is 0 Å². The maximum Gasteiger partial charge on any atom is 0.198 e. The lowest BCUT2D eigenvalue weighted by molar-refractivity contribution is 0.392. The minimum atomic E-state index is -3.74. The van der Waals surface area contributed by atoms with Crippen LogP contribution in [-0.2, 0) is 9.84 Å². The van der Waals surface area contributed by atoms with Gasteiger partial charge in [-0.1, -0.05) is 6.92 Å². The minimum absolute atomic E-state index is 0.0160. The van der Waals surface area contributed by atoms with Crippen molar-refractivity contribution in [3.05, 3.63) is 18.2 Å². The molecule has 0 aliphatic heterocycles. The standard InChI is InChI=1S/C12H15NO4S/c1-4-10(8-13)18(14,15)12-7-9(16-2)5-6-11(12)17-3/h5-7,10H,4H2,1-3H3. The number of nitrogens with zero attached hydrogens (tertiary/aromatic N) is 1. The molecule has 1 aromatic rings. The molecule has 0 aromatic heterocycles. The molecule has 0 aliphatic carbocycles. The van der Waals surface area contributed by atoms with E-state index in [0.29, 0.717) is 5.75 Å². The van der Waals surface area contributed by atoms with Crippen LogP contribution in [0, 0.1) is 11.3 Å². The Morgan fingerprint density at radius 2 is 2.00 bits per heavy atom. The van der Waals surface area contributed by atoms with Crippen LogP contribution < -0.4 is 9.47 Å². The Morgan fingerprint density at radius 3 is 2.44 bits per heavy atom. The molecule has 0 bridgehead atoms. The summed E-state index contributed by atoms with van der Waals surface area (Å²) >= 11 is 0. The maximum atomic E-state index is 12.3. The van der Waals surface area contributed by atoms with E-state index >= 15 is 0 Å². The van der Waals surface area contributed by atoms with E-state index in [1.807, 2.05) is 0 Å². The monoisotopic (exact) mass is 269 g/mol. The normalized spacial score (nSPS) is 12.6. The van der Waals surface area contributed by atoms with Crippen molar-refractivity contribution >= 4 is 9.84 Å². The van der Waals surface area contributed by atoms with E-state index in [-0.39, 0.29) is 17.1 Å². The third-order valence-electron chi connectivity index (χ3n) is 2.57. The Bertz CT molecular complexity index is 560. The largest absolute Gasteiger partial charge is 0.497 e. The molecule has 0 radical (unpaired) electrons. The van der Waals surface area contributed by atoms with Gasteiger partial charge in [0.1, 0.15) is 16.4 Å². The van der Waals surface area contributed by atoms with E-state index in [4.69, 9.17) is 14.7 Å². The first-order valence-corrected chi connectivity index (χ1v) is 6.91. The van der Waals surface area contributed by atoms with Crippen molar-refractivity contribution in [3.63, 3.8) is 0 Å². The van der Waals surface area contributed by atoms with Gasteiger partial charge in [-0.15, -0.1) is 0 Å². The number of hydrogen-bond acceptors (Lipinski definition) is 5. The average Bonchev–Trinajstić information content (AvgIpc) is 2.39. The molecule has 0 amide bonds. The first-order chi connectivity index (χ1) is 8.51. The zero-order chi connectivity index (χ0) is 13.8. The Labute approximate surface area is 107 Å². The van der Waals surface area contributed by atoms with Gasteiger partial charge in [-0.2, -0.15) is 5.26 Å². The van der Waals surface area contributed by atoms with Crippen LogP contribution in [0.5, 0.6) is 11.5 Å². The van der Waals surface area contributed by atoms with Crippen LogP contribution in [0.2, 0.25) is 0 Å². The Morgan fingerprint density at radius 1 is 1.33 bits per heavy atom. The summed E-state index contributed by atoms with van der Waals surface area (Å²) in [6.07, 6.45) is 0.221. The second-order valence-corrected chi connectivity index (χ2v) is 5.69. The summed E-state index contributed by atoms with van der Waals surface area (Å²) in [5.41, 5.74) is 0. The molecule has 0 fully saturated rings. The summed E-state index contributed by atoms with van der Waals surface area (Å²) in [6, 6.07) is 6.28. The summed E-state index contributed by atoms with van der Waals surface area (Å²) in [4.78, 5) is -0.0160. The van der Waals surface area contributed by atoms with Gasteiger partial charge in [0.05, 0.1) is 20.3 Å². The van der Waals surface area contributed by atoms with Crippen molar-refractivity contribution < 1.29 is 17.9 Å². The number of hydrogen-bond donors (Lipinski definition) is 0. The number of nitriles is 1. The van der Waals surface area contributed by atoms with Crippen LogP contribution >= 0.6 is 0 Å². The van der Waals surface area contributed by atoms with Gasteiger partial charge < -0.3 is 9.47 Å². The lowest BCUT2D eigenvalue weighted by Gasteiger charge is -2.13. The molecular formula is C12H15NO4S. The molecule has 0 spiro atoms. The second kappa shape index (κ2) is 5.74. The van der Waals surface area contributed by atoms with E-state index < -0.39 is 15.1 Å². The zero-order valence-corrected chi connectivity index (χ0v) is 11.3. The van der Waals surface area contributed by atoms with Crippen molar-refractivity contribution in [2.75, 3.05) is 14.2 Å². The SMILES string of the molecule is CCC(C#N)S(=O)(=O)c1cc(OC)ccc1OC. The number of ether oxygens (including phenoxy) is 2. The first kappa shape index (κ1) is 14.3. The van der Waals surface area contributed by atoms with Crippen molar-refractivity contribution in [2.24, 2.45) is 0 Å². The predicted octanol–water partition coefficient (Wildman–Crippen LogP) is 1.78. The molecule has 0 N–H and O–H groups in total. The molecule has 1 rings (SSSR count). The van der Waals surface area contributed by atoms with Crippen LogP contribution in [0.4, 0.5) is 0 Å². The lowest BCUT2D eigenvalue weighted by atomic mass is 10.3. The third kappa shape index (κ3) is 2.57. The fraction of sp³-hybridized carbons (Fsp3) is 0.417. The Kier molecular flexibility index (Phi) is 4.56. The molecule has 0 aliphatic rings. The summed E-state index contributed by atoms with van der Waals surface area (Å²) in [6.45, 7) is 1.65. The molecule has 18 heavy (non-hydrogen) atoms. The number of rotatable bonds is 5. The molecule has 1 unspecified atom stereocenters. The van der Waals surface area contributed by atoms with E-state index in [0.717, 1.165) is 0 Å². The van der Waals surface area contributed by atoms with E-state index in [1.54, 1.807) is 19.1 Å². The summed E-state index contributed by atoms with van der Waals surface area (Å²) in [7, 11) is -0.915. The Balaban J connectivity index is 3.43. The van der Waals surface area contributed by atoms with Crippen molar-refractivity contribution in [1.29, 1.82) is 5.26 Å². The van der Waals surface area contributed by atoms with Crippen LogP contribution in [0.25, 0.3) is 0 Å². The molecule has 0 saturated carbocycles. The van der Waals surface area contributed by atoms with Gasteiger partial charge in [0, 0.05) is 6.07 Å². The highest BCUT2D eigenvalue weighted by atomic mass is 32.2. The van der Waals surface area contributed by atoms with Crippen LogP contribution in [-0.4, -0.2) is 27.9 Å². The van der Waals surface area contributed by atoms with Crippen molar-refractivity contribution in [3.8, 4) is 17.6 Å². The minimum Gasteiger partial charge on any atom is -0.497 e. The molecule has 1 atom stereocenters. The van der Waals surface area contributed by atoms with Gasteiger partial charge in [-0.05, 0) is 18.6 Å². The molecule has 0 heterocycles. The molecule has 5 nitrogen and oxygen atoms in total. The third-order valence-corrected chi connectivity index (χ3v) is 4.69. The summed E-state index contributed by atoms with van der Waals surface area (Å²) < 4.78 is 34.6. The highest BCUT2D eigenvalue weighted by Gasteiger charge is 2.29. The lowest BCUT2D eigenvalue weighted by Crippen LogP contribution is -2.19. The summed E-state index contributed by atoms with van der Waals surface area (Å²) in [5, 5.41) is 7.83. The molecule has 0 saturated heterocycles. The van der Waals surface area contributed by atoms with E-state index in [9.17, 15) is 8.42 Å². The molecular weight excluding hydrogens is 254 g/mol. The first-order valence-electron chi connectivity index (χ1n) is 5.36. The van der Waals surface area contributed by atoms with E-state index in [2.05, 4.69) is 0 Å². The van der Waals surface area contributed by atoms with Crippen LogP contribution in [0.3, 0.4) is 0 Å². The van der Waals surface area contributed by atoms with Crippen molar-refractivity contribution in [1.82, 2.24) is 0 Å². The van der Waals surface area contributed by atoms with Gasteiger partial charge >= 0.3 is 0 Å². The number of methoxy groups -OCH3 is 2. The molecule has 98 valence electrons.